The third-order valence-electron chi connectivity index (χ3n) is 3.90. The Morgan fingerprint density at radius 2 is 2.00 bits per heavy atom. The quantitative estimate of drug-likeness (QED) is 0.801. The lowest BCUT2D eigenvalue weighted by molar-refractivity contribution is -0.115. The second-order valence-electron chi connectivity index (χ2n) is 5.58. The average molecular weight is 333 g/mol. The highest BCUT2D eigenvalue weighted by Gasteiger charge is 2.17. The number of hydrogen-bond donors (Lipinski definition) is 3. The SMILES string of the molecule is O=C(Cc1sc(=O)[nH]c1O)Nc1ccccc1N1CCCCC1. The highest BCUT2D eigenvalue weighted by Crippen LogP contribution is 2.28. The van der Waals surface area contributed by atoms with Crippen LogP contribution in [-0.4, -0.2) is 29.1 Å². The van der Waals surface area contributed by atoms with E-state index in [0.717, 1.165) is 48.6 Å². The number of carbonyl (C=O) groups is 1. The lowest BCUT2D eigenvalue weighted by Gasteiger charge is -2.30. The molecule has 6 nitrogen and oxygen atoms in total. The molecular formula is C16H19N3O3S. The fourth-order valence-corrected chi connectivity index (χ4v) is 3.52. The lowest BCUT2D eigenvalue weighted by atomic mass is 10.1. The number of para-hydroxylation sites is 2. The van der Waals surface area contributed by atoms with Crippen LogP contribution in [0.2, 0.25) is 0 Å². The van der Waals surface area contributed by atoms with E-state index in [1.807, 2.05) is 24.3 Å². The van der Waals surface area contributed by atoms with Gasteiger partial charge in [-0.3, -0.25) is 14.6 Å². The molecular weight excluding hydrogens is 314 g/mol. The van der Waals surface area contributed by atoms with E-state index in [2.05, 4.69) is 15.2 Å². The Bertz CT molecular complexity index is 747. The van der Waals surface area contributed by atoms with E-state index in [-0.39, 0.29) is 23.1 Å². The standard InChI is InChI=1S/C16H19N3O3S/c20-14(10-13-15(21)18-16(22)23-13)17-11-6-2-3-7-12(11)19-8-4-1-5-9-19/h2-3,6-7,21H,1,4-5,8-10H2,(H,17,20)(H,18,22). The van der Waals surface area contributed by atoms with Crippen LogP contribution in [0.3, 0.4) is 0 Å². The summed E-state index contributed by atoms with van der Waals surface area (Å²) in [6.45, 7) is 1.99. The van der Waals surface area contributed by atoms with Gasteiger partial charge in [0.05, 0.1) is 22.7 Å². The molecule has 0 radical (unpaired) electrons. The molecule has 0 saturated carbocycles. The van der Waals surface area contributed by atoms with E-state index in [1.54, 1.807) is 0 Å². The first kappa shape index (κ1) is 15.6. The maximum atomic E-state index is 12.2. The monoisotopic (exact) mass is 333 g/mol. The van der Waals surface area contributed by atoms with Gasteiger partial charge in [-0.25, -0.2) is 0 Å². The predicted octanol–water partition coefficient (Wildman–Crippen LogP) is 2.31. The number of H-pyrrole nitrogens is 1. The van der Waals surface area contributed by atoms with E-state index in [0.29, 0.717) is 4.88 Å². The maximum Gasteiger partial charge on any atom is 0.307 e. The molecule has 1 amide bonds. The van der Waals surface area contributed by atoms with Gasteiger partial charge in [0.1, 0.15) is 0 Å². The van der Waals surface area contributed by atoms with Gasteiger partial charge in [0.15, 0.2) is 0 Å². The molecule has 1 fully saturated rings. The molecule has 122 valence electrons. The van der Waals surface area contributed by atoms with Gasteiger partial charge in [-0.05, 0) is 31.4 Å². The molecule has 2 aromatic rings. The van der Waals surface area contributed by atoms with E-state index in [1.165, 1.54) is 6.42 Å². The molecule has 1 aromatic carbocycles. The second kappa shape index (κ2) is 6.87. The van der Waals surface area contributed by atoms with Gasteiger partial charge < -0.3 is 15.3 Å². The van der Waals surface area contributed by atoms with Gasteiger partial charge in [-0.1, -0.05) is 23.5 Å². The summed E-state index contributed by atoms with van der Waals surface area (Å²) >= 11 is 0.853. The average Bonchev–Trinajstić information content (AvgIpc) is 2.86. The fourth-order valence-electron chi connectivity index (χ4n) is 2.80. The van der Waals surface area contributed by atoms with E-state index < -0.39 is 0 Å². The molecule has 2 heterocycles. The summed E-state index contributed by atoms with van der Waals surface area (Å²) in [5.41, 5.74) is 1.79. The van der Waals surface area contributed by atoms with Crippen LogP contribution in [0.15, 0.2) is 29.1 Å². The van der Waals surface area contributed by atoms with Crippen molar-refractivity contribution in [2.45, 2.75) is 25.7 Å². The third kappa shape index (κ3) is 3.73. The van der Waals surface area contributed by atoms with Crippen molar-refractivity contribution in [3.8, 4) is 5.88 Å². The molecule has 3 N–H and O–H groups in total. The smallest absolute Gasteiger partial charge is 0.307 e. The van der Waals surface area contributed by atoms with Crippen LogP contribution in [0.25, 0.3) is 0 Å². The zero-order valence-electron chi connectivity index (χ0n) is 12.7. The molecule has 0 atom stereocenters. The first-order valence-corrected chi connectivity index (χ1v) is 8.50. The number of amides is 1. The number of benzene rings is 1. The molecule has 0 unspecified atom stereocenters. The Morgan fingerprint density at radius 3 is 2.70 bits per heavy atom. The van der Waals surface area contributed by atoms with Crippen LogP contribution >= 0.6 is 11.3 Å². The molecule has 7 heteroatoms. The number of anilines is 2. The van der Waals surface area contributed by atoms with Crippen molar-refractivity contribution in [2.75, 3.05) is 23.3 Å². The summed E-state index contributed by atoms with van der Waals surface area (Å²) in [5.74, 6) is -0.473. The predicted molar refractivity (Wildman–Crippen MR) is 91.4 cm³/mol. The molecule has 23 heavy (non-hydrogen) atoms. The number of thiazole rings is 1. The van der Waals surface area contributed by atoms with Crippen LogP contribution in [-0.2, 0) is 11.2 Å². The Hall–Kier alpha value is -2.28. The Labute approximate surface area is 137 Å². The zero-order valence-corrected chi connectivity index (χ0v) is 13.5. The van der Waals surface area contributed by atoms with Crippen molar-refractivity contribution < 1.29 is 9.90 Å². The molecule has 1 saturated heterocycles. The number of rotatable bonds is 4. The third-order valence-corrected chi connectivity index (χ3v) is 4.77. The summed E-state index contributed by atoms with van der Waals surface area (Å²) in [6.07, 6.45) is 3.54. The minimum absolute atomic E-state index is 0.0242. The molecule has 1 aromatic heterocycles. The number of aromatic amines is 1. The second-order valence-corrected chi connectivity index (χ2v) is 6.64. The van der Waals surface area contributed by atoms with Crippen LogP contribution < -0.4 is 15.1 Å². The van der Waals surface area contributed by atoms with Crippen molar-refractivity contribution in [1.82, 2.24) is 4.98 Å². The summed E-state index contributed by atoms with van der Waals surface area (Å²) in [7, 11) is 0. The van der Waals surface area contributed by atoms with Gasteiger partial charge >= 0.3 is 4.87 Å². The number of nitrogens with zero attached hydrogens (tertiary/aromatic N) is 1. The van der Waals surface area contributed by atoms with Gasteiger partial charge in [-0.2, -0.15) is 0 Å². The number of piperidine rings is 1. The van der Waals surface area contributed by atoms with Crippen LogP contribution in [0.4, 0.5) is 11.4 Å². The van der Waals surface area contributed by atoms with Crippen molar-refractivity contribution in [2.24, 2.45) is 0 Å². The largest absolute Gasteiger partial charge is 0.494 e. The summed E-state index contributed by atoms with van der Waals surface area (Å²) in [5, 5.41) is 12.5. The summed E-state index contributed by atoms with van der Waals surface area (Å²) in [6, 6.07) is 7.73. The normalized spacial score (nSPS) is 14.7. The Balaban J connectivity index is 1.73. The van der Waals surface area contributed by atoms with E-state index >= 15 is 0 Å². The lowest BCUT2D eigenvalue weighted by Crippen LogP contribution is -2.30. The number of aromatic nitrogens is 1. The van der Waals surface area contributed by atoms with Crippen molar-refractivity contribution in [3.05, 3.63) is 38.8 Å². The highest BCUT2D eigenvalue weighted by molar-refractivity contribution is 7.09. The topological polar surface area (TPSA) is 85.4 Å². The summed E-state index contributed by atoms with van der Waals surface area (Å²) < 4.78 is 0. The van der Waals surface area contributed by atoms with Crippen molar-refractivity contribution in [1.29, 1.82) is 0 Å². The number of aromatic hydroxyl groups is 1. The molecule has 0 bridgehead atoms. The number of nitrogens with one attached hydrogen (secondary N) is 2. The summed E-state index contributed by atoms with van der Waals surface area (Å²) in [4.78, 5) is 27.9. The Kier molecular flexibility index (Phi) is 4.66. The molecule has 0 aliphatic carbocycles. The van der Waals surface area contributed by atoms with Crippen LogP contribution in [0.1, 0.15) is 24.1 Å². The minimum Gasteiger partial charge on any atom is -0.494 e. The number of hydrogen-bond acceptors (Lipinski definition) is 5. The van der Waals surface area contributed by atoms with Crippen molar-refractivity contribution in [3.63, 3.8) is 0 Å². The fraction of sp³-hybridized carbons (Fsp3) is 0.375. The van der Waals surface area contributed by atoms with Gasteiger partial charge in [0.2, 0.25) is 11.8 Å². The molecule has 0 spiro atoms. The van der Waals surface area contributed by atoms with E-state index in [4.69, 9.17) is 0 Å². The first-order valence-electron chi connectivity index (χ1n) is 7.68. The molecule has 1 aliphatic heterocycles. The number of carbonyl (C=O) groups excluding carboxylic acids is 1. The molecule has 1 aliphatic rings. The van der Waals surface area contributed by atoms with E-state index in [9.17, 15) is 14.7 Å². The Morgan fingerprint density at radius 1 is 1.26 bits per heavy atom. The van der Waals surface area contributed by atoms with Gasteiger partial charge in [0.25, 0.3) is 0 Å². The van der Waals surface area contributed by atoms with Gasteiger partial charge in [0, 0.05) is 13.1 Å². The van der Waals surface area contributed by atoms with Crippen molar-refractivity contribution >= 4 is 28.6 Å². The zero-order chi connectivity index (χ0) is 16.2. The first-order chi connectivity index (χ1) is 11.1. The van der Waals surface area contributed by atoms with Crippen LogP contribution in [0, 0.1) is 0 Å². The van der Waals surface area contributed by atoms with Crippen LogP contribution in [0.5, 0.6) is 5.88 Å². The highest BCUT2D eigenvalue weighted by atomic mass is 32.1. The van der Waals surface area contributed by atoms with Gasteiger partial charge in [-0.15, -0.1) is 0 Å². The minimum atomic E-state index is -0.362. The maximum absolute atomic E-state index is 12.2. The molecule has 3 rings (SSSR count).